The molecule has 0 radical (unpaired) electrons. The monoisotopic (exact) mass is 356 g/mol. The Balaban J connectivity index is 2.45. The van der Waals surface area contributed by atoms with Crippen LogP contribution in [0.2, 0.25) is 0 Å². The molecule has 0 amide bonds. The van der Waals surface area contributed by atoms with Gasteiger partial charge in [0.25, 0.3) is 0 Å². The lowest BCUT2D eigenvalue weighted by Gasteiger charge is -2.36. The molecule has 0 saturated heterocycles. The van der Waals surface area contributed by atoms with Gasteiger partial charge in [-0.3, -0.25) is 0 Å². The molecule has 2 rings (SSSR count). The molecule has 0 heteroatoms. The molecule has 0 aromatic heterocycles. The van der Waals surface area contributed by atoms with E-state index in [-0.39, 0.29) is 16.2 Å². The smallest absolute Gasteiger partial charge is 0.00219 e. The van der Waals surface area contributed by atoms with Gasteiger partial charge in [-0.05, 0) is 51.1 Å². The third-order valence-electron chi connectivity index (χ3n) is 6.31. The van der Waals surface area contributed by atoms with Crippen LogP contribution < -0.4 is 0 Å². The van der Waals surface area contributed by atoms with E-state index in [4.69, 9.17) is 0 Å². The zero-order chi connectivity index (χ0) is 20.3. The van der Waals surface area contributed by atoms with Crippen molar-refractivity contribution in [1.29, 1.82) is 0 Å². The number of allylic oxidation sites excluding steroid dienone is 6. The van der Waals surface area contributed by atoms with Gasteiger partial charge in [-0.25, -0.2) is 0 Å². The maximum absolute atomic E-state index is 2.65. The Morgan fingerprint density at radius 1 is 0.615 bits per heavy atom. The van der Waals surface area contributed by atoms with Crippen LogP contribution in [0.3, 0.4) is 0 Å². The summed E-state index contributed by atoms with van der Waals surface area (Å²) in [6, 6.07) is 0. The Morgan fingerprint density at radius 2 is 1.04 bits per heavy atom. The summed E-state index contributed by atoms with van der Waals surface area (Å²) in [7, 11) is 0. The minimum Gasteiger partial charge on any atom is -0.0805 e. The molecule has 0 aromatic carbocycles. The normalized spacial score (nSPS) is 26.1. The van der Waals surface area contributed by atoms with Gasteiger partial charge in [-0.1, -0.05) is 107 Å². The minimum atomic E-state index is 0.215. The maximum atomic E-state index is 2.65. The van der Waals surface area contributed by atoms with E-state index in [1.165, 1.54) is 6.42 Å². The third kappa shape index (κ3) is 4.37. The van der Waals surface area contributed by atoms with Crippen LogP contribution in [0.5, 0.6) is 0 Å². The first-order valence-electron chi connectivity index (χ1n) is 10.6. The van der Waals surface area contributed by atoms with Gasteiger partial charge in [0.2, 0.25) is 0 Å². The molecule has 0 heterocycles. The summed E-state index contributed by atoms with van der Waals surface area (Å²) in [6.07, 6.45) is 9.15. The van der Waals surface area contributed by atoms with Crippen molar-refractivity contribution in [3.8, 4) is 0 Å². The van der Waals surface area contributed by atoms with Crippen molar-refractivity contribution < 1.29 is 0 Å². The SMILES string of the molecule is CC(C)(C)C1=CC(C2C=C(C(C)(C)C)C(C(C)(C)C)C2)C=C1C(C)(C)C. The first-order valence-corrected chi connectivity index (χ1v) is 10.6. The lowest BCUT2D eigenvalue weighted by molar-refractivity contribution is 0.229. The predicted octanol–water partition coefficient (Wildman–Crippen LogP) is 8.22. The molecule has 26 heavy (non-hydrogen) atoms. The fourth-order valence-electron chi connectivity index (χ4n) is 4.84. The summed E-state index contributed by atoms with van der Waals surface area (Å²) >= 11 is 0. The minimum absolute atomic E-state index is 0.215. The summed E-state index contributed by atoms with van der Waals surface area (Å²) < 4.78 is 0. The standard InChI is InChI=1S/C26H44/c1-23(2,3)19-13-17(14-20(19)24(4,5)6)18-15-21(25(7,8)9)22(16-18)26(10,11)12/h13-15,17-18,22H,16H2,1-12H3. The van der Waals surface area contributed by atoms with Crippen molar-refractivity contribution in [1.82, 2.24) is 0 Å². The van der Waals surface area contributed by atoms with E-state index in [1.807, 2.05) is 0 Å². The van der Waals surface area contributed by atoms with Crippen LogP contribution in [0.4, 0.5) is 0 Å². The highest BCUT2D eigenvalue weighted by atomic mass is 14.5. The quantitative estimate of drug-likeness (QED) is 0.415. The van der Waals surface area contributed by atoms with Gasteiger partial charge >= 0.3 is 0 Å². The molecule has 2 atom stereocenters. The molecule has 2 aliphatic carbocycles. The van der Waals surface area contributed by atoms with Crippen LogP contribution in [-0.4, -0.2) is 0 Å². The Labute approximate surface area is 164 Å². The van der Waals surface area contributed by atoms with E-state index in [0.29, 0.717) is 23.2 Å². The van der Waals surface area contributed by atoms with E-state index < -0.39 is 0 Å². The lowest BCUT2D eigenvalue weighted by atomic mass is 9.69. The average Bonchev–Trinajstić information content (AvgIpc) is 3.00. The highest BCUT2D eigenvalue weighted by molar-refractivity contribution is 5.47. The van der Waals surface area contributed by atoms with Gasteiger partial charge in [0.05, 0.1) is 0 Å². The van der Waals surface area contributed by atoms with Crippen molar-refractivity contribution in [3.63, 3.8) is 0 Å². The fourth-order valence-corrected chi connectivity index (χ4v) is 4.84. The highest BCUT2D eigenvalue weighted by Gasteiger charge is 2.42. The molecule has 0 spiro atoms. The third-order valence-corrected chi connectivity index (χ3v) is 6.31. The van der Waals surface area contributed by atoms with Crippen LogP contribution in [0, 0.1) is 39.4 Å². The Morgan fingerprint density at radius 3 is 1.31 bits per heavy atom. The molecule has 0 fully saturated rings. The molecular formula is C26H44. The van der Waals surface area contributed by atoms with Crippen molar-refractivity contribution >= 4 is 0 Å². The summed E-state index contributed by atoms with van der Waals surface area (Å²) in [5.41, 5.74) is 5.84. The van der Waals surface area contributed by atoms with Crippen LogP contribution in [0.25, 0.3) is 0 Å². The second kappa shape index (κ2) is 6.39. The van der Waals surface area contributed by atoms with E-state index in [1.54, 1.807) is 16.7 Å². The first kappa shape index (κ1) is 21.5. The number of hydrogen-bond acceptors (Lipinski definition) is 0. The van der Waals surface area contributed by atoms with E-state index in [2.05, 4.69) is 101 Å². The van der Waals surface area contributed by atoms with Crippen molar-refractivity contribution in [2.24, 2.45) is 39.4 Å². The van der Waals surface area contributed by atoms with Gasteiger partial charge in [0.15, 0.2) is 0 Å². The van der Waals surface area contributed by atoms with Crippen molar-refractivity contribution in [2.75, 3.05) is 0 Å². The van der Waals surface area contributed by atoms with Gasteiger partial charge in [0, 0.05) is 5.92 Å². The second-order valence-electron chi connectivity index (χ2n) is 12.9. The Bertz CT molecular complexity index is 593. The van der Waals surface area contributed by atoms with Gasteiger partial charge in [-0.15, -0.1) is 0 Å². The summed E-state index contributed by atoms with van der Waals surface area (Å²) in [4.78, 5) is 0. The summed E-state index contributed by atoms with van der Waals surface area (Å²) in [5, 5.41) is 0. The number of rotatable bonds is 1. The highest BCUT2D eigenvalue weighted by Crippen LogP contribution is 2.53. The molecule has 0 bridgehead atoms. The van der Waals surface area contributed by atoms with Gasteiger partial charge < -0.3 is 0 Å². The lowest BCUT2D eigenvalue weighted by Crippen LogP contribution is -2.26. The zero-order valence-electron chi connectivity index (χ0n) is 19.7. The van der Waals surface area contributed by atoms with Gasteiger partial charge in [-0.2, -0.15) is 0 Å². The van der Waals surface area contributed by atoms with Crippen LogP contribution in [-0.2, 0) is 0 Å². The summed E-state index contributed by atoms with van der Waals surface area (Å²) in [5.74, 6) is 1.89. The molecule has 0 saturated carbocycles. The molecule has 148 valence electrons. The maximum Gasteiger partial charge on any atom is 0.00219 e. The van der Waals surface area contributed by atoms with Crippen LogP contribution >= 0.6 is 0 Å². The Kier molecular flexibility index (Phi) is 5.29. The largest absolute Gasteiger partial charge is 0.0805 e. The van der Waals surface area contributed by atoms with Gasteiger partial charge in [0.1, 0.15) is 0 Å². The number of hydrogen-bond donors (Lipinski definition) is 0. The predicted molar refractivity (Wildman–Crippen MR) is 117 cm³/mol. The molecular weight excluding hydrogens is 312 g/mol. The molecule has 0 nitrogen and oxygen atoms in total. The molecule has 0 N–H and O–H groups in total. The molecule has 0 aliphatic heterocycles. The summed E-state index contributed by atoms with van der Waals surface area (Å²) in [6.45, 7) is 28.6. The van der Waals surface area contributed by atoms with Crippen LogP contribution in [0.1, 0.15) is 89.5 Å². The Hall–Kier alpha value is -0.780. The fraction of sp³-hybridized carbons (Fsp3) is 0.769. The topological polar surface area (TPSA) is 0 Å². The van der Waals surface area contributed by atoms with Crippen LogP contribution in [0.15, 0.2) is 34.9 Å². The first-order chi connectivity index (χ1) is 11.4. The van der Waals surface area contributed by atoms with E-state index >= 15 is 0 Å². The van der Waals surface area contributed by atoms with Crippen molar-refractivity contribution in [3.05, 3.63) is 34.9 Å². The molecule has 0 aromatic rings. The zero-order valence-corrected chi connectivity index (χ0v) is 19.7. The van der Waals surface area contributed by atoms with E-state index in [9.17, 15) is 0 Å². The molecule has 2 unspecified atom stereocenters. The van der Waals surface area contributed by atoms with Crippen molar-refractivity contribution in [2.45, 2.75) is 89.5 Å². The average molecular weight is 357 g/mol. The van der Waals surface area contributed by atoms with E-state index in [0.717, 1.165) is 0 Å². The molecule has 2 aliphatic rings. The second-order valence-corrected chi connectivity index (χ2v) is 12.9.